The molecule has 0 atom stereocenters. The summed E-state index contributed by atoms with van der Waals surface area (Å²) in [6.45, 7) is 0. The number of nitrogen functional groups attached to an aromatic ring is 1. The summed E-state index contributed by atoms with van der Waals surface area (Å²) in [6.07, 6.45) is -4.55. The molecule has 2 aromatic carbocycles. The lowest BCUT2D eigenvalue weighted by molar-refractivity contribution is -0.136. The minimum Gasteiger partial charge on any atom is -0.497 e. The molecule has 0 aliphatic rings. The lowest BCUT2D eigenvalue weighted by atomic mass is 10.0. The first kappa shape index (κ1) is 14.5. The highest BCUT2D eigenvalue weighted by Crippen LogP contribution is 2.40. The maximum absolute atomic E-state index is 12.9. The Morgan fingerprint density at radius 2 is 1.80 bits per heavy atom. The molecule has 0 aromatic heterocycles. The Kier molecular flexibility index (Phi) is 3.81. The van der Waals surface area contributed by atoms with Gasteiger partial charge in [-0.15, -0.1) is 0 Å². The van der Waals surface area contributed by atoms with Crippen LogP contribution < -0.4 is 10.5 Å². The number of ether oxygens (including phenoxy) is 1. The van der Waals surface area contributed by atoms with Gasteiger partial charge in [-0.1, -0.05) is 23.7 Å². The molecule has 2 aromatic rings. The smallest absolute Gasteiger partial charge is 0.418 e. The molecular formula is C14H11ClF3NO. The Morgan fingerprint density at radius 1 is 1.10 bits per heavy atom. The standard InChI is InChI=1S/C14H11ClF3NO/c1-20-10-4-2-3-8(5-10)9-6-11(14(16,17)18)13(19)12(15)7-9/h2-7H,19H2,1H3. The highest BCUT2D eigenvalue weighted by molar-refractivity contribution is 6.33. The van der Waals surface area contributed by atoms with Crippen LogP contribution in [0, 0.1) is 0 Å². The fraction of sp³-hybridized carbons (Fsp3) is 0.143. The van der Waals surface area contributed by atoms with E-state index < -0.39 is 17.4 Å². The number of benzene rings is 2. The molecule has 0 saturated carbocycles. The van der Waals surface area contributed by atoms with Gasteiger partial charge < -0.3 is 10.5 Å². The number of methoxy groups -OCH3 is 1. The fourth-order valence-electron chi connectivity index (χ4n) is 1.82. The first-order valence-electron chi connectivity index (χ1n) is 5.63. The Hall–Kier alpha value is -1.88. The SMILES string of the molecule is COc1cccc(-c2cc(Cl)c(N)c(C(F)(F)F)c2)c1. The molecular weight excluding hydrogens is 291 g/mol. The van der Waals surface area contributed by atoms with Crippen LogP contribution in [0.2, 0.25) is 5.02 Å². The van der Waals surface area contributed by atoms with E-state index in [1.807, 2.05) is 0 Å². The third-order valence-corrected chi connectivity index (χ3v) is 3.15. The summed E-state index contributed by atoms with van der Waals surface area (Å²) in [4.78, 5) is 0. The van der Waals surface area contributed by atoms with Crippen LogP contribution >= 0.6 is 11.6 Å². The fourth-order valence-corrected chi connectivity index (χ4v) is 2.04. The number of anilines is 1. The molecule has 0 heterocycles. The van der Waals surface area contributed by atoms with Gasteiger partial charge in [-0.25, -0.2) is 0 Å². The number of halogens is 4. The Labute approximate surface area is 118 Å². The van der Waals surface area contributed by atoms with Crippen LogP contribution in [0.3, 0.4) is 0 Å². The highest BCUT2D eigenvalue weighted by atomic mass is 35.5. The second-order valence-corrected chi connectivity index (χ2v) is 4.56. The molecule has 0 unspecified atom stereocenters. The average molecular weight is 302 g/mol. The van der Waals surface area contributed by atoms with Gasteiger partial charge in [0.05, 0.1) is 23.4 Å². The van der Waals surface area contributed by atoms with Crippen LogP contribution in [0.15, 0.2) is 36.4 Å². The van der Waals surface area contributed by atoms with E-state index in [0.29, 0.717) is 16.9 Å². The van der Waals surface area contributed by atoms with E-state index in [1.165, 1.54) is 13.2 Å². The zero-order valence-corrected chi connectivity index (χ0v) is 11.2. The molecule has 0 saturated heterocycles. The van der Waals surface area contributed by atoms with Crippen LogP contribution in [-0.2, 0) is 6.18 Å². The molecule has 0 amide bonds. The van der Waals surface area contributed by atoms with Gasteiger partial charge in [0.15, 0.2) is 0 Å². The molecule has 2 N–H and O–H groups in total. The molecule has 0 aliphatic heterocycles. The lowest BCUT2D eigenvalue weighted by Crippen LogP contribution is -2.09. The lowest BCUT2D eigenvalue weighted by Gasteiger charge is -2.14. The van der Waals surface area contributed by atoms with Crippen molar-refractivity contribution in [1.82, 2.24) is 0 Å². The van der Waals surface area contributed by atoms with E-state index >= 15 is 0 Å². The summed E-state index contributed by atoms with van der Waals surface area (Å²) in [5.41, 5.74) is 4.88. The predicted octanol–water partition coefficient (Wildman–Crippen LogP) is 4.62. The molecule has 6 heteroatoms. The van der Waals surface area contributed by atoms with Crippen molar-refractivity contribution in [2.75, 3.05) is 12.8 Å². The molecule has 0 fully saturated rings. The first-order chi connectivity index (χ1) is 9.32. The van der Waals surface area contributed by atoms with Crippen molar-refractivity contribution in [3.05, 3.63) is 47.0 Å². The monoisotopic (exact) mass is 301 g/mol. The molecule has 0 spiro atoms. The zero-order valence-electron chi connectivity index (χ0n) is 10.5. The van der Waals surface area contributed by atoms with Crippen molar-refractivity contribution in [1.29, 1.82) is 0 Å². The van der Waals surface area contributed by atoms with E-state index in [2.05, 4.69) is 0 Å². The van der Waals surface area contributed by atoms with E-state index in [-0.39, 0.29) is 5.02 Å². The first-order valence-corrected chi connectivity index (χ1v) is 6.01. The second kappa shape index (κ2) is 5.25. The van der Waals surface area contributed by atoms with Crippen molar-refractivity contribution >= 4 is 17.3 Å². The van der Waals surface area contributed by atoms with Crippen LogP contribution in [0.1, 0.15) is 5.56 Å². The maximum atomic E-state index is 12.9. The minimum absolute atomic E-state index is 0.127. The Bertz CT molecular complexity index is 641. The number of hydrogen-bond acceptors (Lipinski definition) is 2. The van der Waals surface area contributed by atoms with Crippen molar-refractivity contribution in [2.24, 2.45) is 0 Å². The molecule has 2 nitrogen and oxygen atoms in total. The van der Waals surface area contributed by atoms with Crippen molar-refractivity contribution in [3.8, 4) is 16.9 Å². The molecule has 20 heavy (non-hydrogen) atoms. The summed E-state index contributed by atoms with van der Waals surface area (Å²) in [5.74, 6) is 0.545. The summed E-state index contributed by atoms with van der Waals surface area (Å²) in [6, 6.07) is 9.07. The topological polar surface area (TPSA) is 35.2 Å². The summed E-state index contributed by atoms with van der Waals surface area (Å²) in [5, 5.41) is -0.127. The van der Waals surface area contributed by atoms with Crippen LogP contribution in [0.4, 0.5) is 18.9 Å². The number of alkyl halides is 3. The van der Waals surface area contributed by atoms with Gasteiger partial charge in [0.25, 0.3) is 0 Å². The molecule has 0 radical (unpaired) electrons. The average Bonchev–Trinajstić information content (AvgIpc) is 2.40. The molecule has 106 valence electrons. The van der Waals surface area contributed by atoms with E-state index in [1.54, 1.807) is 24.3 Å². The van der Waals surface area contributed by atoms with Crippen LogP contribution in [0.5, 0.6) is 5.75 Å². The summed E-state index contributed by atoms with van der Waals surface area (Å²) >= 11 is 5.79. The Morgan fingerprint density at radius 3 is 2.40 bits per heavy atom. The third kappa shape index (κ3) is 2.82. The predicted molar refractivity (Wildman–Crippen MR) is 72.9 cm³/mol. The molecule has 0 bridgehead atoms. The van der Waals surface area contributed by atoms with Gasteiger partial charge in [0.1, 0.15) is 5.75 Å². The molecule has 0 aliphatic carbocycles. The van der Waals surface area contributed by atoms with Gasteiger partial charge in [-0.2, -0.15) is 13.2 Å². The normalized spacial score (nSPS) is 11.4. The molecule has 2 rings (SSSR count). The number of nitrogens with two attached hydrogens (primary N) is 1. The number of hydrogen-bond donors (Lipinski definition) is 1. The van der Waals surface area contributed by atoms with E-state index in [9.17, 15) is 13.2 Å². The van der Waals surface area contributed by atoms with E-state index in [4.69, 9.17) is 22.1 Å². The van der Waals surface area contributed by atoms with Gasteiger partial charge >= 0.3 is 6.18 Å². The van der Waals surface area contributed by atoms with E-state index in [0.717, 1.165) is 6.07 Å². The second-order valence-electron chi connectivity index (χ2n) is 4.15. The number of rotatable bonds is 2. The zero-order chi connectivity index (χ0) is 14.9. The van der Waals surface area contributed by atoms with Gasteiger partial charge in [0, 0.05) is 0 Å². The summed E-state index contributed by atoms with van der Waals surface area (Å²) < 4.78 is 43.8. The summed E-state index contributed by atoms with van der Waals surface area (Å²) in [7, 11) is 1.48. The third-order valence-electron chi connectivity index (χ3n) is 2.84. The Balaban J connectivity index is 2.60. The highest BCUT2D eigenvalue weighted by Gasteiger charge is 2.34. The van der Waals surface area contributed by atoms with Gasteiger partial charge in [-0.05, 0) is 35.4 Å². The van der Waals surface area contributed by atoms with Crippen molar-refractivity contribution in [3.63, 3.8) is 0 Å². The largest absolute Gasteiger partial charge is 0.497 e. The van der Waals surface area contributed by atoms with Gasteiger partial charge in [-0.3, -0.25) is 0 Å². The van der Waals surface area contributed by atoms with Gasteiger partial charge in [0.2, 0.25) is 0 Å². The van der Waals surface area contributed by atoms with Crippen LogP contribution in [0.25, 0.3) is 11.1 Å². The van der Waals surface area contributed by atoms with Crippen LogP contribution in [-0.4, -0.2) is 7.11 Å². The van der Waals surface area contributed by atoms with Crippen molar-refractivity contribution < 1.29 is 17.9 Å². The minimum atomic E-state index is -4.55. The van der Waals surface area contributed by atoms with Crippen molar-refractivity contribution in [2.45, 2.75) is 6.18 Å². The quantitative estimate of drug-likeness (QED) is 0.822. The maximum Gasteiger partial charge on any atom is 0.418 e.